The summed E-state index contributed by atoms with van der Waals surface area (Å²) in [6.07, 6.45) is 3.73. The van der Waals surface area contributed by atoms with Crippen molar-refractivity contribution in [2.45, 2.75) is 32.2 Å². The number of likely N-dealkylation sites (N-methyl/N-ethyl adjacent to an activating group) is 1. The van der Waals surface area contributed by atoms with E-state index in [4.69, 9.17) is 0 Å². The van der Waals surface area contributed by atoms with Crippen molar-refractivity contribution in [3.05, 3.63) is 22.4 Å². The van der Waals surface area contributed by atoms with Crippen molar-refractivity contribution in [2.75, 3.05) is 19.6 Å². The summed E-state index contributed by atoms with van der Waals surface area (Å²) in [5.74, 6) is 0.176. The van der Waals surface area contributed by atoms with Crippen molar-refractivity contribution in [3.8, 4) is 0 Å². The van der Waals surface area contributed by atoms with Crippen LogP contribution in [0, 0.1) is 0 Å². The highest BCUT2D eigenvalue weighted by Crippen LogP contribution is 2.14. The molecule has 1 N–H and O–H groups in total. The zero-order valence-electron chi connectivity index (χ0n) is 10.3. The summed E-state index contributed by atoms with van der Waals surface area (Å²) in [6.45, 7) is 4.77. The van der Waals surface area contributed by atoms with E-state index in [0.717, 1.165) is 24.5 Å². The number of amides is 1. The highest BCUT2D eigenvalue weighted by Gasteiger charge is 2.20. The SMILES string of the molecule is CCN(CC1CCCCN1)C(=O)c1cccs1. The molecule has 1 amide bonds. The van der Waals surface area contributed by atoms with Crippen LogP contribution < -0.4 is 5.32 Å². The van der Waals surface area contributed by atoms with Gasteiger partial charge in [-0.25, -0.2) is 0 Å². The molecule has 1 fully saturated rings. The second-order valence-corrected chi connectivity index (χ2v) is 5.42. The fraction of sp³-hybridized carbons (Fsp3) is 0.615. The van der Waals surface area contributed by atoms with E-state index in [1.165, 1.54) is 30.6 Å². The lowest BCUT2D eigenvalue weighted by Gasteiger charge is -2.29. The summed E-state index contributed by atoms with van der Waals surface area (Å²) < 4.78 is 0. The number of thiophene rings is 1. The predicted molar refractivity (Wildman–Crippen MR) is 71.5 cm³/mol. The van der Waals surface area contributed by atoms with Gasteiger partial charge in [0.25, 0.3) is 5.91 Å². The molecule has 1 aromatic rings. The first-order chi connectivity index (χ1) is 8.31. The lowest BCUT2D eigenvalue weighted by atomic mass is 10.0. The minimum absolute atomic E-state index is 0.176. The first-order valence-electron chi connectivity index (χ1n) is 6.37. The van der Waals surface area contributed by atoms with Crippen molar-refractivity contribution in [1.29, 1.82) is 0 Å². The average Bonchev–Trinajstić information content (AvgIpc) is 2.90. The maximum absolute atomic E-state index is 12.2. The largest absolute Gasteiger partial charge is 0.337 e. The molecule has 0 radical (unpaired) electrons. The predicted octanol–water partition coefficient (Wildman–Crippen LogP) is 2.35. The molecule has 0 saturated carbocycles. The first kappa shape index (κ1) is 12.6. The smallest absolute Gasteiger partial charge is 0.263 e. The van der Waals surface area contributed by atoms with Crippen LogP contribution in [0.2, 0.25) is 0 Å². The summed E-state index contributed by atoms with van der Waals surface area (Å²) in [5.41, 5.74) is 0. The molecule has 3 nitrogen and oxygen atoms in total. The first-order valence-corrected chi connectivity index (χ1v) is 7.25. The van der Waals surface area contributed by atoms with Crippen LogP contribution in [0.15, 0.2) is 17.5 Å². The molecule has 1 unspecified atom stereocenters. The Hall–Kier alpha value is -0.870. The third-order valence-corrected chi connectivity index (χ3v) is 4.11. The van der Waals surface area contributed by atoms with Gasteiger partial charge in [0.05, 0.1) is 4.88 Å². The molecule has 0 bridgehead atoms. The summed E-state index contributed by atoms with van der Waals surface area (Å²) in [6, 6.07) is 4.32. The van der Waals surface area contributed by atoms with Gasteiger partial charge < -0.3 is 10.2 Å². The van der Waals surface area contributed by atoms with E-state index >= 15 is 0 Å². The van der Waals surface area contributed by atoms with Crippen molar-refractivity contribution >= 4 is 17.2 Å². The Balaban J connectivity index is 1.93. The normalized spacial score (nSPS) is 20.2. The van der Waals surface area contributed by atoms with Crippen LogP contribution in [0.4, 0.5) is 0 Å². The summed E-state index contributed by atoms with van der Waals surface area (Å²) >= 11 is 1.53. The van der Waals surface area contributed by atoms with Gasteiger partial charge in [-0.2, -0.15) is 0 Å². The van der Waals surface area contributed by atoms with Crippen molar-refractivity contribution in [3.63, 3.8) is 0 Å². The Kier molecular flexibility index (Phi) is 4.57. The van der Waals surface area contributed by atoms with Crippen LogP contribution in [0.25, 0.3) is 0 Å². The monoisotopic (exact) mass is 252 g/mol. The molecular formula is C13H20N2OS. The fourth-order valence-corrected chi connectivity index (χ4v) is 2.95. The maximum atomic E-state index is 12.2. The number of carbonyl (C=O) groups is 1. The summed E-state index contributed by atoms with van der Waals surface area (Å²) in [5, 5.41) is 5.45. The van der Waals surface area contributed by atoms with Crippen LogP contribution in [0.5, 0.6) is 0 Å². The topological polar surface area (TPSA) is 32.3 Å². The van der Waals surface area contributed by atoms with E-state index in [0.29, 0.717) is 6.04 Å². The van der Waals surface area contributed by atoms with Crippen molar-refractivity contribution in [1.82, 2.24) is 10.2 Å². The van der Waals surface area contributed by atoms with E-state index in [-0.39, 0.29) is 5.91 Å². The maximum Gasteiger partial charge on any atom is 0.263 e. The third kappa shape index (κ3) is 3.30. The molecule has 4 heteroatoms. The highest BCUT2D eigenvalue weighted by atomic mass is 32.1. The van der Waals surface area contributed by atoms with Gasteiger partial charge in [-0.15, -0.1) is 11.3 Å². The summed E-state index contributed by atoms with van der Waals surface area (Å²) in [4.78, 5) is 15.0. The zero-order valence-corrected chi connectivity index (χ0v) is 11.1. The minimum atomic E-state index is 0.176. The van der Waals surface area contributed by atoms with Crippen LogP contribution in [0.1, 0.15) is 35.9 Å². The average molecular weight is 252 g/mol. The Morgan fingerprint density at radius 2 is 2.47 bits per heavy atom. The van der Waals surface area contributed by atoms with Crippen molar-refractivity contribution < 1.29 is 4.79 Å². The van der Waals surface area contributed by atoms with Gasteiger partial charge in [0.15, 0.2) is 0 Å². The summed E-state index contributed by atoms with van der Waals surface area (Å²) in [7, 11) is 0. The van der Waals surface area contributed by atoms with Gasteiger partial charge in [-0.05, 0) is 37.8 Å². The Morgan fingerprint density at radius 1 is 1.59 bits per heavy atom. The molecule has 0 aromatic carbocycles. The molecule has 0 aliphatic carbocycles. The highest BCUT2D eigenvalue weighted by molar-refractivity contribution is 7.12. The quantitative estimate of drug-likeness (QED) is 0.892. The van der Waals surface area contributed by atoms with E-state index in [1.54, 1.807) is 0 Å². The van der Waals surface area contributed by atoms with Crippen LogP contribution in [-0.2, 0) is 0 Å². The van der Waals surface area contributed by atoms with Gasteiger partial charge >= 0.3 is 0 Å². The molecule has 1 saturated heterocycles. The molecule has 0 spiro atoms. The molecule has 2 heterocycles. The minimum Gasteiger partial charge on any atom is -0.337 e. The number of hydrogen-bond donors (Lipinski definition) is 1. The van der Waals surface area contributed by atoms with Gasteiger partial charge in [0, 0.05) is 19.1 Å². The van der Waals surface area contributed by atoms with Gasteiger partial charge in [0.2, 0.25) is 0 Å². The van der Waals surface area contributed by atoms with Crippen LogP contribution >= 0.6 is 11.3 Å². The molecule has 1 aromatic heterocycles. The van der Waals surface area contributed by atoms with Crippen molar-refractivity contribution in [2.24, 2.45) is 0 Å². The van der Waals surface area contributed by atoms with Gasteiger partial charge in [-0.3, -0.25) is 4.79 Å². The number of piperidine rings is 1. The van der Waals surface area contributed by atoms with E-state index in [2.05, 4.69) is 5.32 Å². The molecule has 1 aliphatic heterocycles. The lowest BCUT2D eigenvalue weighted by Crippen LogP contribution is -2.45. The Morgan fingerprint density at radius 3 is 3.06 bits per heavy atom. The van der Waals surface area contributed by atoms with Gasteiger partial charge in [0.1, 0.15) is 0 Å². The van der Waals surface area contributed by atoms with E-state index < -0.39 is 0 Å². The standard InChI is InChI=1S/C13H20N2OS/c1-2-15(10-11-6-3-4-8-14-11)13(16)12-7-5-9-17-12/h5,7,9,11,14H,2-4,6,8,10H2,1H3. The molecule has 17 heavy (non-hydrogen) atoms. The number of hydrogen-bond acceptors (Lipinski definition) is 3. The molecule has 2 rings (SSSR count). The molecule has 94 valence electrons. The molecule has 1 aliphatic rings. The number of carbonyl (C=O) groups excluding carboxylic acids is 1. The molecule has 1 atom stereocenters. The zero-order chi connectivity index (χ0) is 12.1. The number of rotatable bonds is 4. The lowest BCUT2D eigenvalue weighted by molar-refractivity contribution is 0.0746. The Bertz CT molecular complexity index is 344. The van der Waals surface area contributed by atoms with Gasteiger partial charge in [-0.1, -0.05) is 12.5 Å². The third-order valence-electron chi connectivity index (χ3n) is 3.25. The number of nitrogens with one attached hydrogen (secondary N) is 1. The Labute approximate surface area is 107 Å². The second kappa shape index (κ2) is 6.17. The fourth-order valence-electron chi connectivity index (χ4n) is 2.26. The van der Waals surface area contributed by atoms with E-state index in [1.807, 2.05) is 29.3 Å². The van der Waals surface area contributed by atoms with Crippen LogP contribution in [-0.4, -0.2) is 36.5 Å². The molecular weight excluding hydrogens is 232 g/mol. The van der Waals surface area contributed by atoms with E-state index in [9.17, 15) is 4.79 Å². The van der Waals surface area contributed by atoms with Crippen LogP contribution in [0.3, 0.4) is 0 Å². The second-order valence-electron chi connectivity index (χ2n) is 4.47. The number of nitrogens with zero attached hydrogens (tertiary/aromatic N) is 1.